The summed E-state index contributed by atoms with van der Waals surface area (Å²) in [5.74, 6) is 1.53. The molecule has 1 aliphatic rings. The predicted molar refractivity (Wildman–Crippen MR) is 104 cm³/mol. The molecular formula is C17H19BrN2O4S2. The van der Waals surface area contributed by atoms with Crippen molar-refractivity contribution < 1.29 is 17.9 Å². The Morgan fingerprint density at radius 1 is 1.15 bits per heavy atom. The summed E-state index contributed by atoms with van der Waals surface area (Å²) in [5, 5.41) is 0.769. The number of hydrogen-bond acceptors (Lipinski definition) is 6. The molecular weight excluding hydrogens is 440 g/mol. The van der Waals surface area contributed by atoms with E-state index in [1.165, 1.54) is 22.3 Å². The second-order valence-electron chi connectivity index (χ2n) is 5.50. The number of ether oxygens (including phenoxy) is 2. The van der Waals surface area contributed by atoms with E-state index in [0.29, 0.717) is 32.9 Å². The Labute approximate surface area is 166 Å². The molecule has 140 valence electrons. The molecule has 1 fully saturated rings. The van der Waals surface area contributed by atoms with E-state index in [2.05, 4.69) is 20.9 Å². The van der Waals surface area contributed by atoms with Crippen molar-refractivity contribution in [2.24, 2.45) is 0 Å². The number of morpholine rings is 1. The van der Waals surface area contributed by atoms with Crippen molar-refractivity contribution in [3.63, 3.8) is 0 Å². The van der Waals surface area contributed by atoms with Gasteiger partial charge in [0.2, 0.25) is 10.0 Å². The van der Waals surface area contributed by atoms with E-state index < -0.39 is 10.0 Å². The number of halogens is 1. The number of pyridine rings is 1. The summed E-state index contributed by atoms with van der Waals surface area (Å²) in [7, 11) is -3.49. The summed E-state index contributed by atoms with van der Waals surface area (Å²) in [6, 6.07) is 11.0. The first-order valence-corrected chi connectivity index (χ1v) is 11.3. The van der Waals surface area contributed by atoms with Crippen molar-refractivity contribution in [2.45, 2.75) is 9.92 Å². The summed E-state index contributed by atoms with van der Waals surface area (Å²) in [5.41, 5.74) is 0. The number of nitrogens with zero attached hydrogens (tertiary/aromatic N) is 2. The van der Waals surface area contributed by atoms with E-state index in [0.717, 1.165) is 21.0 Å². The zero-order chi connectivity index (χ0) is 18.4. The first-order valence-electron chi connectivity index (χ1n) is 8.11. The molecule has 9 heteroatoms. The number of benzene rings is 1. The first-order chi connectivity index (χ1) is 12.6. The highest BCUT2D eigenvalue weighted by Crippen LogP contribution is 2.21. The topological polar surface area (TPSA) is 68.7 Å². The predicted octanol–water partition coefficient (Wildman–Crippen LogP) is 3.04. The van der Waals surface area contributed by atoms with Crippen LogP contribution in [0, 0.1) is 0 Å². The van der Waals surface area contributed by atoms with E-state index in [-0.39, 0.29) is 4.90 Å². The molecule has 1 aromatic carbocycles. The second kappa shape index (κ2) is 9.18. The number of aromatic nitrogens is 1. The van der Waals surface area contributed by atoms with Crippen molar-refractivity contribution in [3.05, 3.63) is 47.1 Å². The summed E-state index contributed by atoms with van der Waals surface area (Å²) < 4.78 is 38.4. The molecule has 0 radical (unpaired) electrons. The third kappa shape index (κ3) is 5.20. The molecule has 6 nitrogen and oxygen atoms in total. The van der Waals surface area contributed by atoms with Gasteiger partial charge in [-0.15, -0.1) is 11.8 Å². The molecule has 0 aliphatic carbocycles. The van der Waals surface area contributed by atoms with E-state index in [1.807, 2.05) is 24.3 Å². The molecule has 2 heterocycles. The molecule has 0 N–H and O–H groups in total. The van der Waals surface area contributed by atoms with Gasteiger partial charge in [-0.05, 0) is 36.4 Å². The van der Waals surface area contributed by atoms with E-state index >= 15 is 0 Å². The Hall–Kier alpha value is -1.13. The highest BCUT2D eigenvalue weighted by atomic mass is 79.9. The minimum absolute atomic E-state index is 0.217. The Balaban J connectivity index is 1.50. The lowest BCUT2D eigenvalue weighted by atomic mass is 10.3. The quantitative estimate of drug-likeness (QED) is 0.469. The lowest BCUT2D eigenvalue weighted by Crippen LogP contribution is -2.40. The molecule has 1 aromatic heterocycles. The average Bonchev–Trinajstić information content (AvgIpc) is 2.68. The average molecular weight is 459 g/mol. The third-order valence-electron chi connectivity index (χ3n) is 3.73. The molecule has 0 atom stereocenters. The van der Waals surface area contributed by atoms with Gasteiger partial charge < -0.3 is 9.47 Å². The van der Waals surface area contributed by atoms with Crippen LogP contribution in [0.3, 0.4) is 0 Å². The monoisotopic (exact) mass is 458 g/mol. The van der Waals surface area contributed by atoms with Gasteiger partial charge in [-0.1, -0.05) is 15.9 Å². The number of thioether (sulfide) groups is 1. The van der Waals surface area contributed by atoms with Crippen LogP contribution in [0.25, 0.3) is 0 Å². The summed E-state index contributed by atoms with van der Waals surface area (Å²) >= 11 is 4.91. The molecule has 0 bridgehead atoms. The van der Waals surface area contributed by atoms with Crippen LogP contribution >= 0.6 is 27.7 Å². The highest BCUT2D eigenvalue weighted by molar-refractivity contribution is 9.10. The Morgan fingerprint density at radius 3 is 2.54 bits per heavy atom. The minimum atomic E-state index is -3.49. The summed E-state index contributed by atoms with van der Waals surface area (Å²) in [4.78, 5) is 4.48. The van der Waals surface area contributed by atoms with Gasteiger partial charge in [0, 0.05) is 29.5 Å². The molecule has 0 amide bonds. The van der Waals surface area contributed by atoms with Gasteiger partial charge in [0.15, 0.2) is 0 Å². The van der Waals surface area contributed by atoms with Crippen molar-refractivity contribution in [1.82, 2.24) is 9.29 Å². The molecule has 0 saturated carbocycles. The maximum absolute atomic E-state index is 12.5. The van der Waals surface area contributed by atoms with Gasteiger partial charge in [0.25, 0.3) is 0 Å². The highest BCUT2D eigenvalue weighted by Gasteiger charge is 2.26. The molecule has 0 unspecified atom stereocenters. The normalized spacial score (nSPS) is 15.7. The van der Waals surface area contributed by atoms with Crippen molar-refractivity contribution in [2.75, 3.05) is 38.7 Å². The van der Waals surface area contributed by atoms with Crippen LogP contribution in [-0.2, 0) is 14.8 Å². The van der Waals surface area contributed by atoms with Crippen LogP contribution in [-0.4, -0.2) is 56.4 Å². The summed E-state index contributed by atoms with van der Waals surface area (Å²) in [6.07, 6.45) is 1.42. The van der Waals surface area contributed by atoms with Crippen molar-refractivity contribution >= 4 is 37.7 Å². The van der Waals surface area contributed by atoms with Crippen molar-refractivity contribution in [1.29, 1.82) is 0 Å². The number of rotatable bonds is 7. The fourth-order valence-corrected chi connectivity index (χ4v) is 4.66. The molecule has 1 saturated heterocycles. The molecule has 1 aliphatic heterocycles. The van der Waals surface area contributed by atoms with Crippen LogP contribution in [0.4, 0.5) is 0 Å². The lowest BCUT2D eigenvalue weighted by molar-refractivity contribution is 0.0730. The second-order valence-corrected chi connectivity index (χ2v) is 9.47. The lowest BCUT2D eigenvalue weighted by Gasteiger charge is -2.25. The first kappa shape index (κ1) is 19.6. The molecule has 26 heavy (non-hydrogen) atoms. The maximum atomic E-state index is 12.5. The third-order valence-corrected chi connectivity index (χ3v) is 7.05. The van der Waals surface area contributed by atoms with Gasteiger partial charge in [-0.25, -0.2) is 13.4 Å². The van der Waals surface area contributed by atoms with E-state index in [1.54, 1.807) is 12.1 Å². The molecule has 3 rings (SSSR count). The van der Waals surface area contributed by atoms with E-state index in [9.17, 15) is 8.42 Å². The van der Waals surface area contributed by atoms with Crippen LogP contribution in [0.5, 0.6) is 5.75 Å². The zero-order valence-corrected chi connectivity index (χ0v) is 17.2. The fraction of sp³-hybridized carbons (Fsp3) is 0.353. The maximum Gasteiger partial charge on any atom is 0.244 e. The van der Waals surface area contributed by atoms with Crippen LogP contribution in [0.15, 0.2) is 57.0 Å². The Morgan fingerprint density at radius 2 is 1.88 bits per heavy atom. The molecule has 2 aromatic rings. The SMILES string of the molecule is O=S(=O)(c1ccc(SCCOc2ccc(Br)cc2)nc1)N1CCOCC1. The van der Waals surface area contributed by atoms with Crippen LogP contribution in [0.1, 0.15) is 0 Å². The van der Waals surface area contributed by atoms with Gasteiger partial charge in [0.1, 0.15) is 10.6 Å². The van der Waals surface area contributed by atoms with Gasteiger partial charge >= 0.3 is 0 Å². The van der Waals surface area contributed by atoms with Gasteiger partial charge in [-0.3, -0.25) is 0 Å². The van der Waals surface area contributed by atoms with Gasteiger partial charge in [-0.2, -0.15) is 4.31 Å². The number of sulfonamides is 1. The Bertz CT molecular complexity index is 808. The number of hydrogen-bond donors (Lipinski definition) is 0. The van der Waals surface area contributed by atoms with Gasteiger partial charge in [0.05, 0.1) is 24.8 Å². The van der Waals surface area contributed by atoms with E-state index in [4.69, 9.17) is 9.47 Å². The standard InChI is InChI=1S/C17H19BrN2O4S2/c18-14-1-3-15(4-2-14)24-11-12-25-17-6-5-16(13-19-17)26(21,22)20-7-9-23-10-8-20/h1-6,13H,7-12H2. The zero-order valence-electron chi connectivity index (χ0n) is 14.0. The summed E-state index contributed by atoms with van der Waals surface area (Å²) in [6.45, 7) is 2.16. The Kier molecular flexibility index (Phi) is 6.93. The largest absolute Gasteiger partial charge is 0.493 e. The fourth-order valence-electron chi connectivity index (χ4n) is 2.38. The van der Waals surface area contributed by atoms with Crippen LogP contribution in [0.2, 0.25) is 0 Å². The van der Waals surface area contributed by atoms with Crippen LogP contribution < -0.4 is 4.74 Å². The van der Waals surface area contributed by atoms with Crippen molar-refractivity contribution in [3.8, 4) is 5.75 Å². The smallest absolute Gasteiger partial charge is 0.244 e. The minimum Gasteiger partial charge on any atom is -0.493 e. The molecule has 0 spiro atoms.